The number of nitrogens with one attached hydrogen (secondary N) is 1. The van der Waals surface area contributed by atoms with Gasteiger partial charge in [0.1, 0.15) is 0 Å². The van der Waals surface area contributed by atoms with Gasteiger partial charge in [-0.15, -0.1) is 24.0 Å². The van der Waals surface area contributed by atoms with Crippen LogP contribution in [-0.4, -0.2) is 73.5 Å². The molecule has 0 unspecified atom stereocenters. The van der Waals surface area contributed by atoms with Gasteiger partial charge in [-0.25, -0.2) is 4.99 Å². The summed E-state index contributed by atoms with van der Waals surface area (Å²) in [4.78, 5) is 12.3. The van der Waals surface area contributed by atoms with Crippen LogP contribution >= 0.6 is 24.0 Å². The van der Waals surface area contributed by atoms with Crippen LogP contribution in [0.2, 0.25) is 0 Å². The molecule has 1 N–H and O–H groups in total. The number of guanidine groups is 1. The van der Waals surface area contributed by atoms with Gasteiger partial charge in [0.2, 0.25) is 0 Å². The first-order valence-electron chi connectivity index (χ1n) is 10.5. The average Bonchev–Trinajstić information content (AvgIpc) is 3.01. The number of benzene rings is 1. The Morgan fingerprint density at radius 1 is 1.04 bits per heavy atom. The molecule has 0 atom stereocenters. The van der Waals surface area contributed by atoms with E-state index >= 15 is 0 Å². The zero-order valence-electron chi connectivity index (χ0n) is 18.1. The van der Waals surface area contributed by atoms with Gasteiger partial charge < -0.3 is 15.1 Å². The van der Waals surface area contributed by atoms with E-state index in [1.165, 1.54) is 43.7 Å². The molecule has 2 aliphatic rings. The minimum atomic E-state index is 0. The molecule has 1 aromatic rings. The van der Waals surface area contributed by atoms with Gasteiger partial charge in [0.05, 0.1) is 6.54 Å². The summed E-state index contributed by atoms with van der Waals surface area (Å²) in [6.07, 6.45) is 1.23. The van der Waals surface area contributed by atoms with Gasteiger partial charge in [0.25, 0.3) is 0 Å². The molecule has 2 aliphatic heterocycles. The van der Waals surface area contributed by atoms with Crippen LogP contribution in [0.25, 0.3) is 0 Å². The largest absolute Gasteiger partial charge is 0.357 e. The minimum Gasteiger partial charge on any atom is -0.357 e. The van der Waals surface area contributed by atoms with Crippen molar-refractivity contribution < 1.29 is 0 Å². The Bertz CT molecular complexity index is 620. The second-order valence-electron chi connectivity index (χ2n) is 8.90. The SMILES string of the molecule is CCNC(=NCc1ccc(CN2CCN(C)CC2)cc1)N1CCC(C)(C)C1.I. The zero-order chi connectivity index (χ0) is 19.3. The summed E-state index contributed by atoms with van der Waals surface area (Å²) >= 11 is 0. The molecule has 0 amide bonds. The van der Waals surface area contributed by atoms with E-state index in [1.54, 1.807) is 0 Å². The van der Waals surface area contributed by atoms with Crippen LogP contribution in [0.5, 0.6) is 0 Å². The maximum atomic E-state index is 4.90. The fourth-order valence-corrected chi connectivity index (χ4v) is 3.90. The summed E-state index contributed by atoms with van der Waals surface area (Å²) in [5, 5.41) is 3.47. The summed E-state index contributed by atoms with van der Waals surface area (Å²) in [7, 11) is 2.21. The molecule has 0 aliphatic carbocycles. The van der Waals surface area contributed by atoms with Crippen molar-refractivity contribution in [1.82, 2.24) is 20.0 Å². The number of aliphatic imine (C=N–C) groups is 1. The molecular formula is C22H38IN5. The molecule has 158 valence electrons. The van der Waals surface area contributed by atoms with Crippen LogP contribution < -0.4 is 5.32 Å². The average molecular weight is 499 g/mol. The maximum absolute atomic E-state index is 4.90. The van der Waals surface area contributed by atoms with Crippen molar-refractivity contribution in [3.63, 3.8) is 0 Å². The van der Waals surface area contributed by atoms with Crippen LogP contribution in [0.15, 0.2) is 29.3 Å². The highest BCUT2D eigenvalue weighted by molar-refractivity contribution is 14.0. The van der Waals surface area contributed by atoms with Gasteiger partial charge in [-0.05, 0) is 36.9 Å². The standard InChI is InChI=1S/C22H37N5.HI/c1-5-23-21(27-11-10-22(2,3)18-27)24-16-19-6-8-20(9-7-19)17-26-14-12-25(4)13-15-26;/h6-9H,5,10-18H2,1-4H3,(H,23,24);1H. The molecule has 28 heavy (non-hydrogen) atoms. The minimum absolute atomic E-state index is 0. The zero-order valence-corrected chi connectivity index (χ0v) is 20.4. The highest BCUT2D eigenvalue weighted by atomic mass is 127. The Morgan fingerprint density at radius 2 is 1.68 bits per heavy atom. The molecule has 3 rings (SSSR count). The Labute approximate surface area is 188 Å². The molecule has 0 bridgehead atoms. The first-order chi connectivity index (χ1) is 12.9. The highest BCUT2D eigenvalue weighted by Crippen LogP contribution is 2.28. The second-order valence-corrected chi connectivity index (χ2v) is 8.90. The third kappa shape index (κ3) is 6.88. The van der Waals surface area contributed by atoms with Crippen molar-refractivity contribution in [3.8, 4) is 0 Å². The van der Waals surface area contributed by atoms with E-state index in [0.29, 0.717) is 5.41 Å². The number of likely N-dealkylation sites (tertiary alicyclic amines) is 1. The predicted molar refractivity (Wildman–Crippen MR) is 129 cm³/mol. The van der Waals surface area contributed by atoms with Crippen LogP contribution in [0.4, 0.5) is 0 Å². The molecule has 2 saturated heterocycles. The van der Waals surface area contributed by atoms with E-state index < -0.39 is 0 Å². The predicted octanol–water partition coefficient (Wildman–Crippen LogP) is 3.25. The maximum Gasteiger partial charge on any atom is 0.194 e. The summed E-state index contributed by atoms with van der Waals surface area (Å²) < 4.78 is 0. The Morgan fingerprint density at radius 3 is 2.25 bits per heavy atom. The van der Waals surface area contributed by atoms with Crippen molar-refractivity contribution in [2.45, 2.75) is 40.3 Å². The van der Waals surface area contributed by atoms with Gasteiger partial charge >= 0.3 is 0 Å². The van der Waals surface area contributed by atoms with Gasteiger partial charge in [-0.2, -0.15) is 0 Å². The number of hydrogen-bond donors (Lipinski definition) is 1. The summed E-state index contributed by atoms with van der Waals surface area (Å²) in [5.74, 6) is 1.06. The monoisotopic (exact) mass is 499 g/mol. The number of piperazine rings is 1. The van der Waals surface area contributed by atoms with Gasteiger partial charge in [0.15, 0.2) is 5.96 Å². The fourth-order valence-electron chi connectivity index (χ4n) is 3.90. The molecule has 2 heterocycles. The first kappa shape index (κ1) is 23.4. The molecule has 0 aromatic heterocycles. The first-order valence-corrected chi connectivity index (χ1v) is 10.5. The molecule has 6 heteroatoms. The van der Waals surface area contributed by atoms with Gasteiger partial charge in [-0.1, -0.05) is 38.1 Å². The Hall–Kier alpha value is -0.860. The van der Waals surface area contributed by atoms with Gasteiger partial charge in [-0.3, -0.25) is 4.90 Å². The van der Waals surface area contributed by atoms with E-state index in [1.807, 2.05) is 0 Å². The van der Waals surface area contributed by atoms with Crippen LogP contribution in [0.3, 0.4) is 0 Å². The summed E-state index contributed by atoms with van der Waals surface area (Å²) in [6, 6.07) is 9.03. The van der Waals surface area contributed by atoms with Crippen LogP contribution in [0.1, 0.15) is 38.3 Å². The Balaban J connectivity index is 0.00000280. The van der Waals surface area contributed by atoms with E-state index in [4.69, 9.17) is 4.99 Å². The molecule has 0 spiro atoms. The van der Waals surface area contributed by atoms with E-state index in [2.05, 4.69) is 72.1 Å². The lowest BCUT2D eigenvalue weighted by atomic mass is 9.93. The number of halogens is 1. The number of nitrogens with zero attached hydrogens (tertiary/aromatic N) is 4. The third-order valence-electron chi connectivity index (χ3n) is 5.75. The van der Waals surface area contributed by atoms with Crippen molar-refractivity contribution in [1.29, 1.82) is 0 Å². The van der Waals surface area contributed by atoms with Crippen molar-refractivity contribution in [3.05, 3.63) is 35.4 Å². The second kappa shape index (κ2) is 10.8. The molecule has 0 saturated carbocycles. The normalized spacial score (nSPS) is 20.9. The lowest BCUT2D eigenvalue weighted by Gasteiger charge is -2.32. The van der Waals surface area contributed by atoms with E-state index in [-0.39, 0.29) is 24.0 Å². The number of likely N-dealkylation sites (N-methyl/N-ethyl adjacent to an activating group) is 1. The quantitative estimate of drug-likeness (QED) is 0.383. The highest BCUT2D eigenvalue weighted by Gasteiger charge is 2.30. The lowest BCUT2D eigenvalue weighted by Crippen LogP contribution is -2.43. The van der Waals surface area contributed by atoms with Crippen LogP contribution in [-0.2, 0) is 13.1 Å². The molecular weight excluding hydrogens is 461 g/mol. The number of hydrogen-bond acceptors (Lipinski definition) is 3. The molecule has 5 nitrogen and oxygen atoms in total. The summed E-state index contributed by atoms with van der Waals surface area (Å²) in [6.45, 7) is 16.4. The van der Waals surface area contributed by atoms with E-state index in [9.17, 15) is 0 Å². The van der Waals surface area contributed by atoms with Crippen molar-refractivity contribution >= 4 is 29.9 Å². The van der Waals surface area contributed by atoms with Gasteiger partial charge in [0, 0.05) is 52.4 Å². The van der Waals surface area contributed by atoms with E-state index in [0.717, 1.165) is 38.7 Å². The molecule has 0 radical (unpaired) electrons. The molecule has 1 aromatic carbocycles. The number of rotatable bonds is 5. The third-order valence-corrected chi connectivity index (χ3v) is 5.75. The van der Waals surface area contributed by atoms with Crippen molar-refractivity contribution in [2.75, 3.05) is 52.9 Å². The topological polar surface area (TPSA) is 34.1 Å². The Kier molecular flexibility index (Phi) is 9.02. The lowest BCUT2D eigenvalue weighted by molar-refractivity contribution is 0.148. The smallest absolute Gasteiger partial charge is 0.194 e. The molecule has 2 fully saturated rings. The fraction of sp³-hybridized carbons (Fsp3) is 0.682. The van der Waals surface area contributed by atoms with Crippen LogP contribution in [0, 0.1) is 5.41 Å². The summed E-state index contributed by atoms with van der Waals surface area (Å²) in [5.41, 5.74) is 3.08. The van der Waals surface area contributed by atoms with Crippen molar-refractivity contribution in [2.24, 2.45) is 10.4 Å².